The van der Waals surface area contributed by atoms with Crippen LogP contribution >= 0.6 is 0 Å². The quantitative estimate of drug-likeness (QED) is 0.403. The number of aldehydes is 1. The molecule has 1 aromatic carbocycles. The number of carboxylic acid groups (broad SMARTS) is 1. The molecule has 0 bridgehead atoms. The Labute approximate surface area is 85.6 Å². The molecule has 0 radical (unpaired) electrons. The number of phenolic OH excluding ortho intramolecular Hbond substituents is 2. The third kappa shape index (κ3) is 5.27. The van der Waals surface area contributed by atoms with E-state index in [1.165, 1.54) is 18.2 Å². The van der Waals surface area contributed by atoms with E-state index in [1.54, 1.807) is 0 Å². The van der Waals surface area contributed by atoms with E-state index in [1.807, 2.05) is 0 Å². The van der Waals surface area contributed by atoms with Crippen molar-refractivity contribution < 1.29 is 24.9 Å². The average Bonchev–Trinajstić information content (AvgIpc) is 2.22. The number of benzene rings is 1. The van der Waals surface area contributed by atoms with E-state index in [4.69, 9.17) is 15.3 Å². The molecule has 0 spiro atoms. The zero-order valence-corrected chi connectivity index (χ0v) is 7.75. The molecule has 5 N–H and O–H groups in total. The molecule has 15 heavy (non-hydrogen) atoms. The molecule has 0 aliphatic rings. The van der Waals surface area contributed by atoms with Crippen LogP contribution in [0.1, 0.15) is 10.4 Å². The molecular weight excluding hydrogens is 202 g/mol. The maximum Gasteiger partial charge on any atom is 0.317 e. The van der Waals surface area contributed by atoms with Crippen molar-refractivity contribution in [1.82, 2.24) is 0 Å². The fourth-order valence-corrected chi connectivity index (χ4v) is 0.636. The maximum atomic E-state index is 10.1. The first-order valence-corrected chi connectivity index (χ1v) is 3.90. The standard InChI is InChI=1S/C7H6O3.C2H5NO2/c8-4-5-3-6(9)1-2-7(5)10;3-1-2(4)5/h1-4,9-10H;1,3H2,(H,4,5). The minimum atomic E-state index is -0.968. The smallest absolute Gasteiger partial charge is 0.317 e. The third-order valence-electron chi connectivity index (χ3n) is 1.31. The van der Waals surface area contributed by atoms with Gasteiger partial charge in [0, 0.05) is 0 Å². The van der Waals surface area contributed by atoms with Crippen molar-refractivity contribution >= 4 is 12.3 Å². The van der Waals surface area contributed by atoms with Crippen molar-refractivity contribution in [3.8, 4) is 11.5 Å². The molecule has 0 aliphatic heterocycles. The first-order valence-electron chi connectivity index (χ1n) is 3.90. The minimum absolute atomic E-state index is 0.0279. The number of rotatable bonds is 2. The summed E-state index contributed by atoms with van der Waals surface area (Å²) in [4.78, 5) is 19.4. The number of carbonyl (C=O) groups is 2. The number of aliphatic carboxylic acids is 1. The van der Waals surface area contributed by atoms with Crippen molar-refractivity contribution in [3.63, 3.8) is 0 Å². The lowest BCUT2D eigenvalue weighted by atomic mass is 10.2. The van der Waals surface area contributed by atoms with Crippen LogP contribution in [0.4, 0.5) is 0 Å². The summed E-state index contributed by atoms with van der Waals surface area (Å²) in [5.74, 6) is -1.11. The summed E-state index contributed by atoms with van der Waals surface area (Å²) in [6, 6.07) is 3.77. The Balaban J connectivity index is 0.000000336. The monoisotopic (exact) mass is 213 g/mol. The van der Waals surface area contributed by atoms with Crippen LogP contribution < -0.4 is 5.73 Å². The first-order chi connectivity index (χ1) is 7.01. The Morgan fingerprint density at radius 1 is 1.40 bits per heavy atom. The van der Waals surface area contributed by atoms with Gasteiger partial charge in [-0.2, -0.15) is 0 Å². The van der Waals surface area contributed by atoms with Gasteiger partial charge in [-0.1, -0.05) is 0 Å². The van der Waals surface area contributed by atoms with E-state index in [-0.39, 0.29) is 23.6 Å². The molecule has 1 aromatic rings. The Hall–Kier alpha value is -2.08. The van der Waals surface area contributed by atoms with Crippen molar-refractivity contribution in [3.05, 3.63) is 23.8 Å². The number of carbonyl (C=O) groups excluding carboxylic acids is 1. The van der Waals surface area contributed by atoms with E-state index in [2.05, 4.69) is 5.73 Å². The molecule has 0 unspecified atom stereocenters. The minimum Gasteiger partial charge on any atom is -0.508 e. The van der Waals surface area contributed by atoms with Gasteiger partial charge in [0.05, 0.1) is 12.1 Å². The number of hydrogen-bond acceptors (Lipinski definition) is 5. The molecule has 0 atom stereocenters. The summed E-state index contributed by atoms with van der Waals surface area (Å²) in [6.07, 6.45) is 0.481. The highest BCUT2D eigenvalue weighted by Crippen LogP contribution is 2.19. The topological polar surface area (TPSA) is 121 Å². The lowest BCUT2D eigenvalue weighted by molar-refractivity contribution is -0.135. The Bertz CT molecular complexity index is 350. The molecule has 0 amide bonds. The first kappa shape index (κ1) is 12.9. The number of phenols is 2. The Morgan fingerprint density at radius 3 is 2.27 bits per heavy atom. The van der Waals surface area contributed by atoms with Gasteiger partial charge in [-0.15, -0.1) is 0 Å². The number of aromatic hydroxyl groups is 2. The largest absolute Gasteiger partial charge is 0.508 e. The van der Waals surface area contributed by atoms with E-state index in [0.29, 0.717) is 6.29 Å². The highest BCUT2D eigenvalue weighted by Gasteiger charge is 1.98. The molecule has 6 heteroatoms. The van der Waals surface area contributed by atoms with Gasteiger partial charge >= 0.3 is 5.97 Å². The van der Waals surface area contributed by atoms with Crippen molar-refractivity contribution in [1.29, 1.82) is 0 Å². The van der Waals surface area contributed by atoms with Gasteiger partial charge in [-0.3, -0.25) is 9.59 Å². The summed E-state index contributed by atoms with van der Waals surface area (Å²) in [5.41, 5.74) is 4.67. The molecular formula is C9H11NO5. The maximum absolute atomic E-state index is 10.1. The van der Waals surface area contributed by atoms with Crippen LogP contribution in [-0.4, -0.2) is 34.1 Å². The van der Waals surface area contributed by atoms with Gasteiger partial charge in [0.2, 0.25) is 0 Å². The highest BCUT2D eigenvalue weighted by molar-refractivity contribution is 5.79. The van der Waals surface area contributed by atoms with Crippen LogP contribution in [0.3, 0.4) is 0 Å². The molecule has 0 aliphatic carbocycles. The van der Waals surface area contributed by atoms with Crippen LogP contribution in [0.15, 0.2) is 18.2 Å². The van der Waals surface area contributed by atoms with Crippen LogP contribution in [-0.2, 0) is 4.79 Å². The molecule has 0 aromatic heterocycles. The zero-order chi connectivity index (χ0) is 11.8. The van der Waals surface area contributed by atoms with E-state index in [9.17, 15) is 9.59 Å². The van der Waals surface area contributed by atoms with Gasteiger partial charge in [0.1, 0.15) is 11.5 Å². The molecule has 0 fully saturated rings. The Kier molecular flexibility index (Phi) is 5.50. The number of carboxylic acids is 1. The van der Waals surface area contributed by atoms with Gasteiger partial charge < -0.3 is 21.1 Å². The van der Waals surface area contributed by atoms with Gasteiger partial charge in [0.25, 0.3) is 0 Å². The molecule has 6 nitrogen and oxygen atoms in total. The van der Waals surface area contributed by atoms with Crippen LogP contribution in [0.2, 0.25) is 0 Å². The lowest BCUT2D eigenvalue weighted by Crippen LogP contribution is -2.10. The van der Waals surface area contributed by atoms with Crippen molar-refractivity contribution in [2.45, 2.75) is 0 Å². The molecule has 82 valence electrons. The summed E-state index contributed by atoms with van der Waals surface area (Å²) in [5, 5.41) is 25.3. The normalized spacial score (nSPS) is 8.60. The highest BCUT2D eigenvalue weighted by atomic mass is 16.4. The fourth-order valence-electron chi connectivity index (χ4n) is 0.636. The summed E-state index contributed by atoms with van der Waals surface area (Å²) < 4.78 is 0. The molecule has 0 heterocycles. The van der Waals surface area contributed by atoms with E-state index < -0.39 is 5.97 Å². The second-order valence-corrected chi connectivity index (χ2v) is 2.46. The van der Waals surface area contributed by atoms with Crippen molar-refractivity contribution in [2.24, 2.45) is 5.73 Å². The van der Waals surface area contributed by atoms with Gasteiger partial charge in [0.15, 0.2) is 6.29 Å². The predicted molar refractivity (Wildman–Crippen MR) is 51.8 cm³/mol. The van der Waals surface area contributed by atoms with Crippen molar-refractivity contribution in [2.75, 3.05) is 6.54 Å². The summed E-state index contributed by atoms with van der Waals surface area (Å²) in [7, 11) is 0. The molecule has 1 rings (SSSR count). The summed E-state index contributed by atoms with van der Waals surface area (Å²) >= 11 is 0. The molecule has 0 saturated carbocycles. The van der Waals surface area contributed by atoms with E-state index in [0.717, 1.165) is 0 Å². The predicted octanol–water partition coefficient (Wildman–Crippen LogP) is -0.0600. The second-order valence-electron chi connectivity index (χ2n) is 2.46. The lowest BCUT2D eigenvalue weighted by Gasteiger charge is -1.95. The van der Waals surface area contributed by atoms with Crippen LogP contribution in [0.5, 0.6) is 11.5 Å². The fraction of sp³-hybridized carbons (Fsp3) is 0.111. The van der Waals surface area contributed by atoms with Crippen LogP contribution in [0.25, 0.3) is 0 Å². The second kappa shape index (κ2) is 6.39. The third-order valence-corrected chi connectivity index (χ3v) is 1.31. The number of hydrogen-bond donors (Lipinski definition) is 4. The van der Waals surface area contributed by atoms with Gasteiger partial charge in [-0.25, -0.2) is 0 Å². The SMILES string of the molecule is NCC(=O)O.O=Cc1cc(O)ccc1O. The average molecular weight is 213 g/mol. The summed E-state index contributed by atoms with van der Waals surface area (Å²) in [6.45, 7) is -0.278. The van der Waals surface area contributed by atoms with E-state index >= 15 is 0 Å². The Morgan fingerprint density at radius 2 is 1.93 bits per heavy atom. The number of nitrogens with two attached hydrogens (primary N) is 1. The van der Waals surface area contributed by atoms with Crippen LogP contribution in [0, 0.1) is 0 Å². The zero-order valence-electron chi connectivity index (χ0n) is 7.75. The molecule has 0 saturated heterocycles. The van der Waals surface area contributed by atoms with Gasteiger partial charge in [-0.05, 0) is 18.2 Å².